The predicted molar refractivity (Wildman–Crippen MR) is 82.0 cm³/mol. The molecule has 1 aliphatic heterocycles. The fourth-order valence-electron chi connectivity index (χ4n) is 3.15. The van der Waals surface area contributed by atoms with Crippen LogP contribution in [-0.2, 0) is 13.6 Å². The molecule has 0 N–H and O–H groups in total. The first kappa shape index (κ1) is 13.9. The Balaban J connectivity index is 0.00000132. The highest BCUT2D eigenvalue weighted by Crippen LogP contribution is 2.28. The Hall–Kier alpha value is -2.06. The van der Waals surface area contributed by atoms with Gasteiger partial charge >= 0.3 is 0 Å². The van der Waals surface area contributed by atoms with Crippen molar-refractivity contribution in [3.63, 3.8) is 0 Å². The van der Waals surface area contributed by atoms with Crippen LogP contribution in [0.1, 0.15) is 17.7 Å². The second-order valence-electron chi connectivity index (χ2n) is 5.41. The van der Waals surface area contributed by atoms with Gasteiger partial charge in [-0.25, -0.2) is 0 Å². The van der Waals surface area contributed by atoms with Crippen molar-refractivity contribution in [3.8, 4) is 0 Å². The maximum absolute atomic E-state index is 2.35. The number of hydrogen-bond donors (Lipinski definition) is 0. The van der Waals surface area contributed by atoms with Gasteiger partial charge in [-0.05, 0) is 18.2 Å². The summed E-state index contributed by atoms with van der Waals surface area (Å²) in [6.45, 7) is 1.09. The zero-order valence-corrected chi connectivity index (χ0v) is 12.7. The summed E-state index contributed by atoms with van der Waals surface area (Å²) in [5.41, 5.74) is 5.39. The van der Waals surface area contributed by atoms with E-state index in [4.69, 9.17) is 0 Å². The summed E-state index contributed by atoms with van der Waals surface area (Å²) in [6.07, 6.45) is 7.86. The molecule has 21 heavy (non-hydrogen) atoms. The van der Waals surface area contributed by atoms with Gasteiger partial charge in [-0.1, -0.05) is 18.2 Å². The van der Waals surface area contributed by atoms with Gasteiger partial charge in [0.2, 0.25) is 5.69 Å². The van der Waals surface area contributed by atoms with Crippen molar-refractivity contribution in [1.29, 1.82) is 0 Å². The number of pyridine rings is 1. The highest BCUT2D eigenvalue weighted by Gasteiger charge is 2.23. The minimum absolute atomic E-state index is 0. The van der Waals surface area contributed by atoms with E-state index in [0.717, 1.165) is 13.0 Å². The molecule has 4 rings (SSSR count). The maximum Gasteiger partial charge on any atom is 0.208 e. The molecule has 1 aliphatic rings. The normalized spacial score (nSPS) is 15.2. The van der Waals surface area contributed by atoms with Crippen molar-refractivity contribution in [1.82, 2.24) is 4.57 Å². The van der Waals surface area contributed by atoms with Crippen LogP contribution in [0, 0.1) is 0 Å². The lowest BCUT2D eigenvalue weighted by Crippen LogP contribution is -3.00. The molecular formula is C18H17ClN2. The summed E-state index contributed by atoms with van der Waals surface area (Å²) >= 11 is 0. The molecule has 106 valence electrons. The van der Waals surface area contributed by atoms with Gasteiger partial charge in [0.25, 0.3) is 0 Å². The largest absolute Gasteiger partial charge is 1.00 e. The Morgan fingerprint density at radius 3 is 2.81 bits per heavy atom. The van der Waals surface area contributed by atoms with Crippen molar-refractivity contribution < 1.29 is 17.0 Å². The van der Waals surface area contributed by atoms with Crippen molar-refractivity contribution >= 4 is 22.6 Å². The molecule has 0 saturated carbocycles. The third-order valence-electron chi connectivity index (χ3n) is 4.15. The smallest absolute Gasteiger partial charge is 0.208 e. The molecule has 2 nitrogen and oxygen atoms in total. The minimum Gasteiger partial charge on any atom is -1.00 e. The SMILES string of the molecule is Cn1cc(/C=C2/CC[n+]3ccccc32)c2ccccc21.[Cl-]. The number of para-hydroxylation sites is 1. The number of fused-ring (bicyclic) bond motifs is 2. The molecule has 0 radical (unpaired) electrons. The monoisotopic (exact) mass is 296 g/mol. The Labute approximate surface area is 130 Å². The molecule has 0 aliphatic carbocycles. The van der Waals surface area contributed by atoms with Crippen LogP contribution in [0.5, 0.6) is 0 Å². The van der Waals surface area contributed by atoms with Crippen LogP contribution in [-0.4, -0.2) is 4.57 Å². The van der Waals surface area contributed by atoms with Gasteiger partial charge in [0, 0.05) is 53.8 Å². The Morgan fingerprint density at radius 2 is 1.90 bits per heavy atom. The maximum atomic E-state index is 2.35. The zero-order valence-electron chi connectivity index (χ0n) is 12.0. The molecule has 0 saturated heterocycles. The average molecular weight is 297 g/mol. The van der Waals surface area contributed by atoms with E-state index in [-0.39, 0.29) is 12.4 Å². The highest BCUT2D eigenvalue weighted by molar-refractivity contribution is 5.94. The van der Waals surface area contributed by atoms with Crippen molar-refractivity contribution in [2.24, 2.45) is 7.05 Å². The number of hydrogen-bond acceptors (Lipinski definition) is 0. The van der Waals surface area contributed by atoms with E-state index in [9.17, 15) is 0 Å². The van der Waals surface area contributed by atoms with Crippen LogP contribution in [0.2, 0.25) is 0 Å². The second kappa shape index (κ2) is 5.38. The molecule has 0 spiro atoms. The predicted octanol–water partition coefficient (Wildman–Crippen LogP) is 0.414. The first-order valence-electron chi connectivity index (χ1n) is 7.06. The van der Waals surface area contributed by atoms with Crippen LogP contribution >= 0.6 is 0 Å². The van der Waals surface area contributed by atoms with Crippen LogP contribution in [0.4, 0.5) is 0 Å². The van der Waals surface area contributed by atoms with Crippen molar-refractivity contribution in [2.75, 3.05) is 0 Å². The summed E-state index contributed by atoms with van der Waals surface area (Å²) in [5.74, 6) is 0. The Morgan fingerprint density at radius 1 is 1.10 bits per heavy atom. The molecule has 0 bridgehead atoms. The number of aryl methyl sites for hydroxylation is 2. The molecule has 2 aromatic heterocycles. The van der Waals surface area contributed by atoms with Crippen molar-refractivity contribution in [3.05, 3.63) is 66.1 Å². The van der Waals surface area contributed by atoms with Gasteiger partial charge in [0.05, 0.1) is 0 Å². The molecule has 1 aromatic carbocycles. The third kappa shape index (κ3) is 2.26. The fourth-order valence-corrected chi connectivity index (χ4v) is 3.15. The Kier molecular flexibility index (Phi) is 3.56. The van der Waals surface area contributed by atoms with Gasteiger partial charge in [0.1, 0.15) is 0 Å². The highest BCUT2D eigenvalue weighted by atomic mass is 35.5. The molecular weight excluding hydrogens is 280 g/mol. The minimum atomic E-state index is 0. The van der Waals surface area contributed by atoms with E-state index >= 15 is 0 Å². The standard InChI is InChI=1S/C18H17N2.ClH/c1-19-13-15(16-6-2-3-8-18(16)19)12-14-9-11-20-10-5-4-7-17(14)20;/h2-8,10,12-13H,9,11H2,1H3;1H/q+1;/p-1. The molecule has 3 aromatic rings. The van der Waals surface area contributed by atoms with Crippen LogP contribution < -0.4 is 17.0 Å². The topological polar surface area (TPSA) is 8.81 Å². The van der Waals surface area contributed by atoms with Gasteiger partial charge in [-0.15, -0.1) is 0 Å². The molecule has 0 atom stereocenters. The van der Waals surface area contributed by atoms with Crippen molar-refractivity contribution in [2.45, 2.75) is 13.0 Å². The molecule has 3 heteroatoms. The number of rotatable bonds is 1. The number of nitrogens with zero attached hydrogens (tertiary/aromatic N) is 2. The average Bonchev–Trinajstić information content (AvgIpc) is 3.03. The van der Waals surface area contributed by atoms with Gasteiger partial charge in [-0.3, -0.25) is 0 Å². The molecule has 0 amide bonds. The lowest BCUT2D eigenvalue weighted by atomic mass is 10.1. The van der Waals surface area contributed by atoms with Crippen LogP contribution in [0.25, 0.3) is 22.6 Å². The van der Waals surface area contributed by atoms with E-state index in [1.807, 2.05) is 0 Å². The van der Waals surface area contributed by atoms with E-state index in [0.29, 0.717) is 0 Å². The molecule has 3 heterocycles. The summed E-state index contributed by atoms with van der Waals surface area (Å²) in [6, 6.07) is 15.0. The van der Waals surface area contributed by atoms with E-state index in [2.05, 4.69) is 77.1 Å². The number of benzene rings is 1. The third-order valence-corrected chi connectivity index (χ3v) is 4.15. The lowest BCUT2D eigenvalue weighted by Gasteiger charge is -1.95. The summed E-state index contributed by atoms with van der Waals surface area (Å²) < 4.78 is 4.53. The number of allylic oxidation sites excluding steroid dienone is 1. The van der Waals surface area contributed by atoms with E-state index in [1.165, 1.54) is 27.7 Å². The van der Waals surface area contributed by atoms with E-state index in [1.54, 1.807) is 0 Å². The molecule has 0 fully saturated rings. The van der Waals surface area contributed by atoms with Crippen LogP contribution in [0.3, 0.4) is 0 Å². The summed E-state index contributed by atoms with van der Waals surface area (Å²) in [5, 5.41) is 1.33. The number of halogens is 1. The van der Waals surface area contributed by atoms with Gasteiger partial charge < -0.3 is 17.0 Å². The van der Waals surface area contributed by atoms with Gasteiger partial charge in [0.15, 0.2) is 12.7 Å². The summed E-state index contributed by atoms with van der Waals surface area (Å²) in [4.78, 5) is 0. The van der Waals surface area contributed by atoms with Gasteiger partial charge in [-0.2, -0.15) is 4.57 Å². The zero-order chi connectivity index (χ0) is 13.5. The summed E-state index contributed by atoms with van der Waals surface area (Å²) in [7, 11) is 2.11. The van der Waals surface area contributed by atoms with Crippen LogP contribution in [0.15, 0.2) is 54.9 Å². The quantitative estimate of drug-likeness (QED) is 0.576. The Bertz CT molecular complexity index is 830. The fraction of sp³-hybridized carbons (Fsp3) is 0.167. The first-order valence-corrected chi connectivity index (χ1v) is 7.06. The molecule has 0 unspecified atom stereocenters. The first-order chi connectivity index (χ1) is 9.83. The second-order valence-corrected chi connectivity index (χ2v) is 5.41. The lowest BCUT2D eigenvalue weighted by molar-refractivity contribution is -0.689. The number of aromatic nitrogens is 2. The van der Waals surface area contributed by atoms with E-state index < -0.39 is 0 Å².